The smallest absolute Gasteiger partial charge is 0.148 e. The second kappa shape index (κ2) is 8.74. The number of rotatable bonds is 7. The predicted octanol–water partition coefficient (Wildman–Crippen LogP) is 3.97. The highest BCUT2D eigenvalue weighted by molar-refractivity contribution is 7.90. The van der Waals surface area contributed by atoms with Crippen molar-refractivity contribution in [2.45, 2.75) is 19.3 Å². The number of aryl methyl sites for hydroxylation is 1. The normalized spacial score (nSPS) is 16.6. The molecular formula is C20H22ClFN4O2S2. The van der Waals surface area contributed by atoms with Gasteiger partial charge in [0.15, 0.2) is 0 Å². The van der Waals surface area contributed by atoms with E-state index in [-0.39, 0.29) is 10.8 Å². The molecule has 0 amide bonds. The summed E-state index contributed by atoms with van der Waals surface area (Å²) in [7, 11) is -2.94. The van der Waals surface area contributed by atoms with Gasteiger partial charge in [0.2, 0.25) is 0 Å². The lowest BCUT2D eigenvalue weighted by Gasteiger charge is -2.22. The Kier molecular flexibility index (Phi) is 6.24. The van der Waals surface area contributed by atoms with E-state index in [1.54, 1.807) is 23.5 Å². The van der Waals surface area contributed by atoms with Crippen LogP contribution < -0.4 is 10.6 Å². The van der Waals surface area contributed by atoms with Crippen LogP contribution in [0.15, 0.2) is 24.5 Å². The predicted molar refractivity (Wildman–Crippen MR) is 120 cm³/mol. The van der Waals surface area contributed by atoms with Crippen LogP contribution in [0.3, 0.4) is 0 Å². The van der Waals surface area contributed by atoms with Crippen molar-refractivity contribution in [3.63, 3.8) is 0 Å². The average molecular weight is 469 g/mol. The molecule has 1 atom stereocenters. The van der Waals surface area contributed by atoms with E-state index in [0.717, 1.165) is 36.0 Å². The summed E-state index contributed by atoms with van der Waals surface area (Å²) in [5.41, 5.74) is 1.93. The van der Waals surface area contributed by atoms with Crippen molar-refractivity contribution in [2.24, 2.45) is 5.92 Å². The molecule has 10 heteroatoms. The fourth-order valence-electron chi connectivity index (χ4n) is 3.72. The largest absolute Gasteiger partial charge is 0.340 e. The third-order valence-electron chi connectivity index (χ3n) is 5.21. The molecule has 2 aromatic heterocycles. The zero-order valence-corrected chi connectivity index (χ0v) is 18.8. The highest BCUT2D eigenvalue weighted by Crippen LogP contribution is 2.40. The molecule has 0 bridgehead atoms. The van der Waals surface area contributed by atoms with Gasteiger partial charge in [-0.15, -0.1) is 11.3 Å². The van der Waals surface area contributed by atoms with Crippen LogP contribution in [-0.2, 0) is 22.7 Å². The van der Waals surface area contributed by atoms with Crippen LogP contribution in [0.25, 0.3) is 10.2 Å². The minimum atomic E-state index is -2.94. The maximum absolute atomic E-state index is 13.5. The molecule has 0 fully saturated rings. The number of fused-ring (bicyclic) bond motifs is 3. The third kappa shape index (κ3) is 4.91. The first-order valence-electron chi connectivity index (χ1n) is 9.66. The van der Waals surface area contributed by atoms with Gasteiger partial charge in [0.1, 0.15) is 32.6 Å². The van der Waals surface area contributed by atoms with E-state index in [1.807, 2.05) is 0 Å². The van der Waals surface area contributed by atoms with Gasteiger partial charge in [-0.1, -0.05) is 11.6 Å². The number of hydrogen-bond donors (Lipinski definition) is 2. The average Bonchev–Trinajstić information content (AvgIpc) is 3.06. The number of thiophene rings is 1. The lowest BCUT2D eigenvalue weighted by Crippen LogP contribution is -2.30. The second-order valence-electron chi connectivity index (χ2n) is 7.60. The van der Waals surface area contributed by atoms with Gasteiger partial charge in [0.25, 0.3) is 0 Å². The molecule has 6 nitrogen and oxygen atoms in total. The number of nitrogens with one attached hydrogen (secondary N) is 2. The van der Waals surface area contributed by atoms with Gasteiger partial charge < -0.3 is 10.6 Å². The maximum atomic E-state index is 13.5. The van der Waals surface area contributed by atoms with Gasteiger partial charge in [0, 0.05) is 23.4 Å². The first-order valence-corrected chi connectivity index (χ1v) is 12.9. The van der Waals surface area contributed by atoms with E-state index in [9.17, 15) is 12.8 Å². The summed E-state index contributed by atoms with van der Waals surface area (Å²) in [5, 5.41) is 7.60. The minimum absolute atomic E-state index is 0.0591. The number of benzene rings is 1. The van der Waals surface area contributed by atoms with Crippen molar-refractivity contribution in [2.75, 3.05) is 30.4 Å². The molecule has 1 aromatic carbocycles. The zero-order valence-electron chi connectivity index (χ0n) is 16.4. The molecular weight excluding hydrogens is 447 g/mol. The van der Waals surface area contributed by atoms with Crippen molar-refractivity contribution in [1.82, 2.24) is 15.3 Å². The number of sulfone groups is 1. The van der Waals surface area contributed by atoms with Gasteiger partial charge in [-0.05, 0) is 55.5 Å². The SMILES string of the molecule is CS(=O)(=O)CCNCC1CCc2c(sc3ncnc(Nc4ccc(F)c(Cl)c4)c23)C1. The zero-order chi connectivity index (χ0) is 21.3. The van der Waals surface area contributed by atoms with Crippen LogP contribution in [0.2, 0.25) is 5.02 Å². The fraction of sp³-hybridized carbons (Fsp3) is 0.400. The fourth-order valence-corrected chi connectivity index (χ4v) is 5.72. The lowest BCUT2D eigenvalue weighted by atomic mass is 9.88. The molecule has 1 aliphatic carbocycles. The van der Waals surface area contributed by atoms with Gasteiger partial charge in [-0.25, -0.2) is 22.8 Å². The van der Waals surface area contributed by atoms with Crippen molar-refractivity contribution >= 4 is 54.5 Å². The van der Waals surface area contributed by atoms with E-state index in [2.05, 4.69) is 20.6 Å². The van der Waals surface area contributed by atoms with Crippen LogP contribution in [-0.4, -0.2) is 43.5 Å². The van der Waals surface area contributed by atoms with E-state index < -0.39 is 15.7 Å². The molecule has 0 radical (unpaired) electrons. The van der Waals surface area contributed by atoms with Crippen molar-refractivity contribution < 1.29 is 12.8 Å². The highest BCUT2D eigenvalue weighted by Gasteiger charge is 2.25. The summed E-state index contributed by atoms with van der Waals surface area (Å²) < 4.78 is 36.0. The summed E-state index contributed by atoms with van der Waals surface area (Å²) in [6.45, 7) is 1.28. The van der Waals surface area contributed by atoms with Crippen LogP contribution in [0, 0.1) is 11.7 Å². The molecule has 0 spiro atoms. The van der Waals surface area contributed by atoms with E-state index >= 15 is 0 Å². The number of nitrogens with zero attached hydrogens (tertiary/aromatic N) is 2. The molecule has 3 aromatic rings. The topological polar surface area (TPSA) is 84.0 Å². The maximum Gasteiger partial charge on any atom is 0.148 e. The van der Waals surface area contributed by atoms with Gasteiger partial charge >= 0.3 is 0 Å². The molecule has 2 heterocycles. The van der Waals surface area contributed by atoms with Gasteiger partial charge in [-0.2, -0.15) is 0 Å². The summed E-state index contributed by atoms with van der Waals surface area (Å²) >= 11 is 7.58. The Bertz CT molecular complexity index is 1180. The molecule has 2 N–H and O–H groups in total. The van der Waals surface area contributed by atoms with Crippen LogP contribution in [0.4, 0.5) is 15.9 Å². The summed E-state index contributed by atoms with van der Waals surface area (Å²) in [4.78, 5) is 11.1. The highest BCUT2D eigenvalue weighted by atomic mass is 35.5. The number of anilines is 2. The molecule has 0 saturated carbocycles. The number of hydrogen-bond acceptors (Lipinski definition) is 7. The van der Waals surface area contributed by atoms with Crippen LogP contribution in [0.5, 0.6) is 0 Å². The molecule has 30 heavy (non-hydrogen) atoms. The molecule has 160 valence electrons. The second-order valence-corrected chi connectivity index (χ2v) is 11.4. The molecule has 4 rings (SSSR count). The monoisotopic (exact) mass is 468 g/mol. The molecule has 1 unspecified atom stereocenters. The Labute approximate surface area is 183 Å². The first kappa shape index (κ1) is 21.4. The Hall–Kier alpha value is -1.81. The van der Waals surface area contributed by atoms with Gasteiger partial charge in [-0.3, -0.25) is 0 Å². The molecule has 0 aliphatic heterocycles. The molecule has 1 aliphatic rings. The van der Waals surface area contributed by atoms with Crippen molar-refractivity contribution in [3.05, 3.63) is 45.8 Å². The minimum Gasteiger partial charge on any atom is -0.340 e. The lowest BCUT2D eigenvalue weighted by molar-refractivity contribution is 0.435. The standard InChI is InChI=1S/C20H22ClFN4O2S2/c1-30(27,28)7-6-23-10-12-2-4-14-17(8-12)29-20-18(14)19(24-11-25-20)26-13-3-5-16(22)15(21)9-13/h3,5,9,11-12,23H,2,4,6-8,10H2,1H3,(H,24,25,26). The van der Waals surface area contributed by atoms with E-state index in [4.69, 9.17) is 11.6 Å². The Balaban J connectivity index is 1.51. The van der Waals surface area contributed by atoms with Crippen LogP contribution in [0.1, 0.15) is 16.9 Å². The Morgan fingerprint density at radius 2 is 2.17 bits per heavy atom. The van der Waals surface area contributed by atoms with E-state index in [0.29, 0.717) is 24.0 Å². The van der Waals surface area contributed by atoms with E-state index in [1.165, 1.54) is 29.1 Å². The summed E-state index contributed by atoms with van der Waals surface area (Å²) in [6, 6.07) is 4.50. The summed E-state index contributed by atoms with van der Waals surface area (Å²) in [5.74, 6) is 0.862. The third-order valence-corrected chi connectivity index (χ3v) is 7.61. The number of halogens is 2. The van der Waals surface area contributed by atoms with Crippen LogP contribution >= 0.6 is 22.9 Å². The first-order chi connectivity index (χ1) is 14.3. The quantitative estimate of drug-likeness (QED) is 0.510. The Morgan fingerprint density at radius 1 is 1.33 bits per heavy atom. The summed E-state index contributed by atoms with van der Waals surface area (Å²) in [6.07, 6.45) is 5.65. The number of aromatic nitrogens is 2. The Morgan fingerprint density at radius 3 is 2.93 bits per heavy atom. The van der Waals surface area contributed by atoms with Gasteiger partial charge in [0.05, 0.1) is 16.2 Å². The molecule has 0 saturated heterocycles. The van der Waals surface area contributed by atoms with Crippen molar-refractivity contribution in [1.29, 1.82) is 0 Å². The van der Waals surface area contributed by atoms with Crippen molar-refractivity contribution in [3.8, 4) is 0 Å².